The van der Waals surface area contributed by atoms with Crippen LogP contribution in [0.25, 0.3) is 0 Å². The molecule has 4 amide bonds. The van der Waals surface area contributed by atoms with Crippen LogP contribution >= 0.6 is 0 Å². The zero-order valence-corrected chi connectivity index (χ0v) is 16.5. The van der Waals surface area contributed by atoms with Gasteiger partial charge in [-0.05, 0) is 18.6 Å². The first kappa shape index (κ1) is 23.3. The number of nitrogens with zero attached hydrogens (tertiary/aromatic N) is 2. The molecule has 2 N–H and O–H groups in total. The summed E-state index contributed by atoms with van der Waals surface area (Å²) in [6, 6.07) is 1.67. The fourth-order valence-corrected chi connectivity index (χ4v) is 3.64. The molecular formula is C19H18F4N4O5. The Morgan fingerprint density at radius 1 is 1.03 bits per heavy atom. The zero-order valence-electron chi connectivity index (χ0n) is 16.5. The molecule has 3 heterocycles. The lowest BCUT2D eigenvalue weighted by atomic mass is 10.0. The van der Waals surface area contributed by atoms with E-state index in [0.29, 0.717) is 18.8 Å². The van der Waals surface area contributed by atoms with Crippen LogP contribution in [-0.2, 0) is 14.4 Å². The molecule has 0 radical (unpaired) electrons. The Balaban J connectivity index is 0.000000427. The number of amides is 4. The van der Waals surface area contributed by atoms with Crippen molar-refractivity contribution >= 4 is 35.6 Å². The molecule has 2 saturated heterocycles. The molecule has 3 aliphatic heterocycles. The third kappa shape index (κ3) is 4.77. The number of imide groups is 2. The Bertz CT molecular complexity index is 975. The van der Waals surface area contributed by atoms with Crippen molar-refractivity contribution in [1.82, 2.24) is 15.5 Å². The number of hydrogen-bond acceptors (Lipinski definition) is 7. The molecule has 0 spiro atoms. The first-order valence-electron chi connectivity index (χ1n) is 9.57. The predicted molar refractivity (Wildman–Crippen MR) is 100 cm³/mol. The number of fused-ring (bicyclic) bond motifs is 1. The number of aldehydes is 1. The molecule has 1 atom stereocenters. The van der Waals surface area contributed by atoms with Gasteiger partial charge >= 0.3 is 6.18 Å². The van der Waals surface area contributed by atoms with Crippen molar-refractivity contribution in [2.75, 3.05) is 31.1 Å². The number of alkyl halides is 3. The molecule has 0 aromatic heterocycles. The van der Waals surface area contributed by atoms with Gasteiger partial charge in [0.25, 0.3) is 11.8 Å². The van der Waals surface area contributed by atoms with Gasteiger partial charge in [0.2, 0.25) is 18.1 Å². The maximum Gasteiger partial charge on any atom is 0.446 e. The first-order chi connectivity index (χ1) is 15.0. The Morgan fingerprint density at radius 3 is 2.22 bits per heavy atom. The maximum atomic E-state index is 14.6. The highest BCUT2D eigenvalue weighted by atomic mass is 19.4. The molecule has 1 aromatic carbocycles. The second kappa shape index (κ2) is 9.02. The van der Waals surface area contributed by atoms with Crippen LogP contribution in [-0.4, -0.2) is 73.2 Å². The van der Waals surface area contributed by atoms with E-state index in [2.05, 4.69) is 10.6 Å². The predicted octanol–water partition coefficient (Wildman–Crippen LogP) is 0.384. The van der Waals surface area contributed by atoms with E-state index in [-0.39, 0.29) is 24.0 Å². The van der Waals surface area contributed by atoms with E-state index in [0.717, 1.165) is 18.0 Å². The van der Waals surface area contributed by atoms with Crippen LogP contribution in [0.5, 0.6) is 0 Å². The van der Waals surface area contributed by atoms with Crippen LogP contribution in [0.3, 0.4) is 0 Å². The smallest absolute Gasteiger partial charge is 0.369 e. The summed E-state index contributed by atoms with van der Waals surface area (Å²) in [5, 5.41) is 5.31. The van der Waals surface area contributed by atoms with Crippen molar-refractivity contribution in [3.05, 3.63) is 29.1 Å². The molecule has 172 valence electrons. The molecule has 0 saturated carbocycles. The number of nitrogens with one attached hydrogen (secondary N) is 2. The van der Waals surface area contributed by atoms with Crippen LogP contribution in [0.1, 0.15) is 33.6 Å². The van der Waals surface area contributed by atoms with Crippen LogP contribution in [0, 0.1) is 5.82 Å². The second-order valence-electron chi connectivity index (χ2n) is 7.19. The topological polar surface area (TPSA) is 116 Å². The summed E-state index contributed by atoms with van der Waals surface area (Å²) in [7, 11) is 0. The Hall–Kier alpha value is -3.35. The molecule has 1 unspecified atom stereocenters. The van der Waals surface area contributed by atoms with E-state index < -0.39 is 48.0 Å². The Kier molecular flexibility index (Phi) is 6.57. The number of anilines is 1. The van der Waals surface area contributed by atoms with Gasteiger partial charge < -0.3 is 10.2 Å². The van der Waals surface area contributed by atoms with Crippen molar-refractivity contribution in [1.29, 1.82) is 0 Å². The quantitative estimate of drug-likeness (QED) is 0.374. The lowest BCUT2D eigenvalue weighted by Crippen LogP contribution is -2.54. The highest BCUT2D eigenvalue weighted by Crippen LogP contribution is 2.32. The molecule has 2 fully saturated rings. The summed E-state index contributed by atoms with van der Waals surface area (Å²) < 4.78 is 45.9. The van der Waals surface area contributed by atoms with E-state index in [1.54, 1.807) is 0 Å². The zero-order chi connectivity index (χ0) is 23.6. The lowest BCUT2D eigenvalue weighted by Gasteiger charge is -2.29. The van der Waals surface area contributed by atoms with Gasteiger partial charge in [0, 0.05) is 38.3 Å². The summed E-state index contributed by atoms with van der Waals surface area (Å²) in [6.07, 6.45) is -5.63. The van der Waals surface area contributed by atoms with Gasteiger partial charge in [-0.2, -0.15) is 13.2 Å². The molecule has 3 aliphatic rings. The van der Waals surface area contributed by atoms with Crippen molar-refractivity contribution in [3.8, 4) is 0 Å². The summed E-state index contributed by atoms with van der Waals surface area (Å²) in [5.74, 6) is -3.46. The van der Waals surface area contributed by atoms with E-state index in [1.807, 2.05) is 4.90 Å². The van der Waals surface area contributed by atoms with Crippen molar-refractivity contribution in [2.24, 2.45) is 0 Å². The van der Waals surface area contributed by atoms with Crippen LogP contribution in [0.4, 0.5) is 23.2 Å². The van der Waals surface area contributed by atoms with Gasteiger partial charge in [0.05, 0.1) is 11.1 Å². The first-order valence-corrected chi connectivity index (χ1v) is 9.57. The van der Waals surface area contributed by atoms with E-state index >= 15 is 0 Å². The summed E-state index contributed by atoms with van der Waals surface area (Å²) in [5.41, 5.74) is 0.195. The van der Waals surface area contributed by atoms with Crippen molar-refractivity contribution < 1.29 is 41.5 Å². The van der Waals surface area contributed by atoms with Gasteiger partial charge in [0.15, 0.2) is 0 Å². The average Bonchev–Trinajstić information content (AvgIpc) is 2.99. The summed E-state index contributed by atoms with van der Waals surface area (Å²) in [6.45, 7) is 2.82. The Morgan fingerprint density at radius 2 is 1.66 bits per heavy atom. The van der Waals surface area contributed by atoms with E-state index in [1.165, 1.54) is 12.1 Å². The number of piperazine rings is 1. The molecule has 4 rings (SSSR count). The maximum absolute atomic E-state index is 14.6. The molecule has 13 heteroatoms. The average molecular weight is 458 g/mol. The van der Waals surface area contributed by atoms with Crippen molar-refractivity contribution in [2.45, 2.75) is 25.1 Å². The molecule has 0 aliphatic carbocycles. The fraction of sp³-hybridized carbons (Fsp3) is 0.421. The molecule has 0 bridgehead atoms. The number of carbonyl (C=O) groups is 5. The molecule has 9 nitrogen and oxygen atoms in total. The van der Waals surface area contributed by atoms with Gasteiger partial charge in [-0.3, -0.25) is 34.2 Å². The normalized spacial score (nSPS) is 21.1. The molecular weight excluding hydrogens is 440 g/mol. The number of benzene rings is 1. The van der Waals surface area contributed by atoms with Crippen LogP contribution in [0.2, 0.25) is 0 Å². The lowest BCUT2D eigenvalue weighted by molar-refractivity contribution is -0.156. The van der Waals surface area contributed by atoms with Gasteiger partial charge in [-0.25, -0.2) is 4.39 Å². The minimum Gasteiger partial charge on any atom is -0.369 e. The van der Waals surface area contributed by atoms with E-state index in [9.17, 15) is 36.7 Å². The van der Waals surface area contributed by atoms with Gasteiger partial charge in [-0.1, -0.05) is 0 Å². The highest BCUT2D eigenvalue weighted by molar-refractivity contribution is 6.23. The number of rotatable bonds is 2. The molecule has 32 heavy (non-hydrogen) atoms. The SMILES string of the molecule is O=C1CCC(N2C(=O)c3cc(N4CCNCC4)cc(F)c3C2=O)C(=O)N1.O=CC(F)(F)F. The van der Waals surface area contributed by atoms with Gasteiger partial charge in [0.1, 0.15) is 11.9 Å². The third-order valence-electron chi connectivity index (χ3n) is 5.09. The summed E-state index contributed by atoms with van der Waals surface area (Å²) >= 11 is 0. The highest BCUT2D eigenvalue weighted by Gasteiger charge is 2.46. The Labute approximate surface area is 178 Å². The minimum atomic E-state index is -4.64. The summed E-state index contributed by atoms with van der Waals surface area (Å²) in [4.78, 5) is 60.1. The largest absolute Gasteiger partial charge is 0.446 e. The van der Waals surface area contributed by atoms with Crippen LogP contribution < -0.4 is 15.5 Å². The fourth-order valence-electron chi connectivity index (χ4n) is 3.64. The number of halogens is 4. The van der Waals surface area contributed by atoms with Gasteiger partial charge in [-0.15, -0.1) is 0 Å². The monoisotopic (exact) mass is 458 g/mol. The number of hydrogen-bond donors (Lipinski definition) is 2. The molecule has 1 aromatic rings. The minimum absolute atomic E-state index is 0.0261. The number of carbonyl (C=O) groups excluding carboxylic acids is 5. The number of piperidine rings is 1. The van der Waals surface area contributed by atoms with Crippen LogP contribution in [0.15, 0.2) is 12.1 Å². The standard InChI is InChI=1S/C17H17FN4O4.C2HF3O/c18-11-8-9(21-5-3-19-4-6-21)7-10-14(11)17(26)22(16(10)25)12-1-2-13(23)20-15(12)24;3-2(4,5)1-6/h7-8,12,19H,1-6H2,(H,20,23,24);1H. The third-order valence-corrected chi connectivity index (χ3v) is 5.09. The van der Waals surface area contributed by atoms with E-state index in [4.69, 9.17) is 4.79 Å². The van der Waals surface area contributed by atoms with Crippen molar-refractivity contribution in [3.63, 3.8) is 0 Å². The second-order valence-corrected chi connectivity index (χ2v) is 7.19.